The molecule has 0 N–H and O–H groups in total. The number of rotatable bonds is 1. The quantitative estimate of drug-likeness (QED) is 0.728. The summed E-state index contributed by atoms with van der Waals surface area (Å²) in [7, 11) is 0. The van der Waals surface area contributed by atoms with E-state index in [4.69, 9.17) is 0 Å². The Morgan fingerprint density at radius 2 is 1.38 bits per heavy atom. The van der Waals surface area contributed by atoms with Crippen LogP contribution in [0.5, 0.6) is 0 Å². The molecule has 6 rings (SSSR count). The number of piperidine rings is 1. The lowest BCUT2D eigenvalue weighted by atomic mass is 9.52. The molecule has 2 heterocycles. The second-order valence-corrected chi connectivity index (χ2v) is 9.13. The molecule has 118 valence electrons. The molecule has 4 saturated carbocycles. The van der Waals surface area contributed by atoms with Gasteiger partial charge in [0.05, 0.1) is 0 Å². The van der Waals surface area contributed by atoms with E-state index in [1.807, 2.05) is 0 Å². The predicted octanol–water partition coefficient (Wildman–Crippen LogP) is 3.52. The first-order chi connectivity index (χ1) is 10.3. The number of hydrogen-bond acceptors (Lipinski definition) is 2. The van der Waals surface area contributed by atoms with Crippen molar-refractivity contribution >= 4 is 0 Å². The summed E-state index contributed by atoms with van der Waals surface area (Å²) in [6, 6.07) is 0.897. The Kier molecular flexibility index (Phi) is 3.16. The monoisotopic (exact) mass is 288 g/mol. The molecule has 2 saturated heterocycles. The van der Waals surface area contributed by atoms with E-state index in [0.717, 1.165) is 23.8 Å². The first kappa shape index (κ1) is 13.4. The molecule has 2 heteroatoms. The van der Waals surface area contributed by atoms with Gasteiger partial charge in [-0.2, -0.15) is 0 Å². The third-order valence-corrected chi connectivity index (χ3v) is 7.73. The average molecular weight is 288 g/mol. The number of fused-ring (bicyclic) bond motifs is 1. The van der Waals surface area contributed by atoms with Crippen LogP contribution in [0.1, 0.15) is 64.2 Å². The van der Waals surface area contributed by atoms with Gasteiger partial charge in [-0.05, 0) is 95.2 Å². The molecule has 2 aliphatic heterocycles. The smallest absolute Gasteiger partial charge is 0.0223 e. The average Bonchev–Trinajstić information content (AvgIpc) is 2.68. The lowest BCUT2D eigenvalue weighted by molar-refractivity contribution is -0.0915. The second-order valence-electron chi connectivity index (χ2n) is 9.13. The van der Waals surface area contributed by atoms with E-state index >= 15 is 0 Å². The maximum atomic E-state index is 3.04. The highest BCUT2D eigenvalue weighted by molar-refractivity contribution is 5.08. The van der Waals surface area contributed by atoms with E-state index in [1.165, 1.54) is 51.9 Å². The Balaban J connectivity index is 1.39. The summed E-state index contributed by atoms with van der Waals surface area (Å²) in [6.45, 7) is 5.58. The lowest BCUT2D eigenvalue weighted by Gasteiger charge is -2.61. The standard InChI is InChI=1S/C19H32N2/c1-2-5-20-6-3-7-21(14-18(20)4-1)19-11-15-8-16(12-19)10-17(9-15)13-19/h15-18H,1-14H2. The van der Waals surface area contributed by atoms with Crippen molar-refractivity contribution in [2.45, 2.75) is 75.8 Å². The second kappa shape index (κ2) is 4.96. The molecule has 2 nitrogen and oxygen atoms in total. The fourth-order valence-electron chi connectivity index (χ4n) is 7.25. The largest absolute Gasteiger partial charge is 0.299 e. The highest BCUT2D eigenvalue weighted by atomic mass is 15.3. The van der Waals surface area contributed by atoms with Crippen molar-refractivity contribution in [2.24, 2.45) is 17.8 Å². The van der Waals surface area contributed by atoms with Gasteiger partial charge in [0.15, 0.2) is 0 Å². The van der Waals surface area contributed by atoms with Gasteiger partial charge in [-0.3, -0.25) is 9.80 Å². The highest BCUT2D eigenvalue weighted by Gasteiger charge is 2.53. The first-order valence-corrected chi connectivity index (χ1v) is 9.80. The summed E-state index contributed by atoms with van der Waals surface area (Å²) >= 11 is 0. The van der Waals surface area contributed by atoms with Crippen LogP contribution in [0, 0.1) is 17.8 Å². The zero-order valence-electron chi connectivity index (χ0n) is 13.6. The minimum Gasteiger partial charge on any atom is -0.299 e. The van der Waals surface area contributed by atoms with Crippen molar-refractivity contribution in [1.82, 2.24) is 9.80 Å². The lowest BCUT2D eigenvalue weighted by Crippen LogP contribution is -2.61. The summed E-state index contributed by atoms with van der Waals surface area (Å²) in [4.78, 5) is 5.87. The maximum absolute atomic E-state index is 3.04. The fourth-order valence-corrected chi connectivity index (χ4v) is 7.25. The topological polar surface area (TPSA) is 6.48 Å². The van der Waals surface area contributed by atoms with Crippen LogP contribution in [-0.2, 0) is 0 Å². The van der Waals surface area contributed by atoms with Crippen molar-refractivity contribution in [1.29, 1.82) is 0 Å². The molecule has 0 amide bonds. The van der Waals surface area contributed by atoms with Crippen LogP contribution in [0.4, 0.5) is 0 Å². The van der Waals surface area contributed by atoms with E-state index in [2.05, 4.69) is 9.80 Å². The zero-order valence-corrected chi connectivity index (χ0v) is 13.6. The number of hydrogen-bond donors (Lipinski definition) is 0. The van der Waals surface area contributed by atoms with Gasteiger partial charge < -0.3 is 0 Å². The van der Waals surface area contributed by atoms with Gasteiger partial charge in [-0.25, -0.2) is 0 Å². The van der Waals surface area contributed by atoms with Gasteiger partial charge in [0, 0.05) is 18.1 Å². The van der Waals surface area contributed by atoms with Gasteiger partial charge in [0.1, 0.15) is 0 Å². The molecule has 0 radical (unpaired) electrons. The van der Waals surface area contributed by atoms with Crippen LogP contribution in [0.25, 0.3) is 0 Å². The van der Waals surface area contributed by atoms with Gasteiger partial charge in [0.2, 0.25) is 0 Å². The predicted molar refractivity (Wildman–Crippen MR) is 86.3 cm³/mol. The van der Waals surface area contributed by atoms with Crippen LogP contribution in [0.15, 0.2) is 0 Å². The van der Waals surface area contributed by atoms with E-state index in [-0.39, 0.29) is 0 Å². The molecule has 6 fully saturated rings. The third-order valence-electron chi connectivity index (χ3n) is 7.73. The normalized spacial score (nSPS) is 50.9. The molecule has 6 aliphatic rings. The summed E-state index contributed by atoms with van der Waals surface area (Å²) in [5.74, 6) is 3.30. The number of nitrogens with zero attached hydrogens (tertiary/aromatic N) is 2. The fraction of sp³-hybridized carbons (Fsp3) is 1.00. The highest BCUT2D eigenvalue weighted by Crippen LogP contribution is 2.58. The van der Waals surface area contributed by atoms with E-state index < -0.39 is 0 Å². The van der Waals surface area contributed by atoms with Gasteiger partial charge >= 0.3 is 0 Å². The van der Waals surface area contributed by atoms with Crippen LogP contribution in [-0.4, -0.2) is 47.6 Å². The zero-order chi connectivity index (χ0) is 13.9. The molecule has 4 aliphatic carbocycles. The minimum absolute atomic E-state index is 0.655. The Morgan fingerprint density at radius 1 is 0.714 bits per heavy atom. The summed E-state index contributed by atoms with van der Waals surface area (Å²) in [6.07, 6.45) is 15.3. The Labute approximate surface area is 130 Å². The molecule has 0 aromatic rings. The minimum atomic E-state index is 0.655. The first-order valence-electron chi connectivity index (χ1n) is 9.80. The van der Waals surface area contributed by atoms with Crippen LogP contribution >= 0.6 is 0 Å². The van der Waals surface area contributed by atoms with E-state index in [1.54, 1.807) is 38.5 Å². The molecular weight excluding hydrogens is 256 g/mol. The Bertz CT molecular complexity index is 369. The van der Waals surface area contributed by atoms with Crippen molar-refractivity contribution in [3.8, 4) is 0 Å². The molecular formula is C19H32N2. The molecule has 0 aromatic carbocycles. The summed E-state index contributed by atoms with van der Waals surface area (Å²) in [5.41, 5.74) is 0.655. The Morgan fingerprint density at radius 3 is 2.10 bits per heavy atom. The SMILES string of the molecule is C1CCN2CCCN(C34CC5CC(CC(C5)C3)C4)CC2C1. The molecule has 21 heavy (non-hydrogen) atoms. The van der Waals surface area contributed by atoms with Crippen LogP contribution < -0.4 is 0 Å². The molecule has 4 bridgehead atoms. The molecule has 1 atom stereocenters. The summed E-state index contributed by atoms with van der Waals surface area (Å²) in [5, 5.41) is 0. The van der Waals surface area contributed by atoms with Crippen molar-refractivity contribution in [3.05, 3.63) is 0 Å². The van der Waals surface area contributed by atoms with Crippen LogP contribution in [0.3, 0.4) is 0 Å². The van der Waals surface area contributed by atoms with E-state index in [9.17, 15) is 0 Å². The van der Waals surface area contributed by atoms with Gasteiger partial charge in [-0.1, -0.05) is 6.42 Å². The maximum Gasteiger partial charge on any atom is 0.0223 e. The third kappa shape index (κ3) is 2.20. The van der Waals surface area contributed by atoms with Crippen molar-refractivity contribution < 1.29 is 0 Å². The van der Waals surface area contributed by atoms with Crippen LogP contribution in [0.2, 0.25) is 0 Å². The molecule has 0 spiro atoms. The van der Waals surface area contributed by atoms with Crippen molar-refractivity contribution in [3.63, 3.8) is 0 Å². The van der Waals surface area contributed by atoms with E-state index in [0.29, 0.717) is 5.54 Å². The van der Waals surface area contributed by atoms with Gasteiger partial charge in [0.25, 0.3) is 0 Å². The molecule has 0 aromatic heterocycles. The molecule has 1 unspecified atom stereocenters. The van der Waals surface area contributed by atoms with Crippen molar-refractivity contribution in [2.75, 3.05) is 26.2 Å². The van der Waals surface area contributed by atoms with Gasteiger partial charge in [-0.15, -0.1) is 0 Å². The Hall–Kier alpha value is -0.0800. The summed E-state index contributed by atoms with van der Waals surface area (Å²) < 4.78 is 0.